The second kappa shape index (κ2) is 6.38. The van der Waals surface area contributed by atoms with E-state index in [4.69, 9.17) is 10.5 Å². The second-order valence-electron chi connectivity index (χ2n) is 6.63. The van der Waals surface area contributed by atoms with Crippen molar-refractivity contribution in [1.29, 1.82) is 0 Å². The molecule has 0 aromatic heterocycles. The van der Waals surface area contributed by atoms with Gasteiger partial charge in [0.05, 0.1) is 11.4 Å². The number of halogens is 1. The van der Waals surface area contributed by atoms with Crippen LogP contribution in [0, 0.1) is 5.92 Å². The summed E-state index contributed by atoms with van der Waals surface area (Å²) in [6.45, 7) is 7.84. The van der Waals surface area contributed by atoms with Crippen LogP contribution < -0.4 is 5.73 Å². The van der Waals surface area contributed by atoms with Gasteiger partial charge < -0.3 is 15.4 Å². The van der Waals surface area contributed by atoms with Crippen LogP contribution in [0.3, 0.4) is 0 Å². The number of likely N-dealkylation sites (tertiary alicyclic amines) is 1. The Kier molecular flexibility index (Phi) is 4.96. The molecular weight excluding hydrogens is 334 g/mol. The highest BCUT2D eigenvalue weighted by molar-refractivity contribution is 9.10. The zero-order valence-electron chi connectivity index (χ0n) is 12.9. The first-order valence-corrected chi connectivity index (χ1v) is 8.30. The maximum Gasteiger partial charge on any atom is 0.410 e. The molecule has 0 aromatic rings. The molecule has 0 radical (unpaired) electrons. The molecule has 118 valence electrons. The number of piperidine rings is 1. The average Bonchev–Trinajstić information content (AvgIpc) is 2.40. The summed E-state index contributed by atoms with van der Waals surface area (Å²) in [7, 11) is 0. The van der Waals surface area contributed by atoms with Gasteiger partial charge in [0.1, 0.15) is 11.4 Å². The van der Waals surface area contributed by atoms with Crippen molar-refractivity contribution in [2.45, 2.75) is 44.0 Å². The number of amides is 1. The Morgan fingerprint density at radius 3 is 2.57 bits per heavy atom. The number of carbonyl (C=O) groups excluding carboxylic acids is 1. The summed E-state index contributed by atoms with van der Waals surface area (Å²) < 4.78 is 5.42. The third kappa shape index (κ3) is 4.46. The summed E-state index contributed by atoms with van der Waals surface area (Å²) in [5.41, 5.74) is 6.67. The van der Waals surface area contributed by atoms with E-state index in [9.17, 15) is 4.79 Å². The number of nitrogens with two attached hydrogens (primary N) is 1. The molecule has 2 aliphatic rings. The maximum absolute atomic E-state index is 12.0. The van der Waals surface area contributed by atoms with E-state index in [-0.39, 0.29) is 10.9 Å². The van der Waals surface area contributed by atoms with Gasteiger partial charge in [0.25, 0.3) is 0 Å². The summed E-state index contributed by atoms with van der Waals surface area (Å²) in [5.74, 6) is 1.13. The van der Waals surface area contributed by atoms with Gasteiger partial charge in [-0.3, -0.25) is 4.99 Å². The Morgan fingerprint density at radius 2 is 2.05 bits per heavy atom. The van der Waals surface area contributed by atoms with Crippen LogP contribution in [0.4, 0.5) is 4.79 Å². The van der Waals surface area contributed by atoms with Crippen molar-refractivity contribution in [3.05, 3.63) is 11.6 Å². The quantitative estimate of drug-likeness (QED) is 0.579. The molecule has 0 bridgehead atoms. The van der Waals surface area contributed by atoms with E-state index in [1.165, 1.54) is 5.57 Å². The standard InChI is InChI=1S/C15H24BrN3O2/c1-15(2,3)21-14(20)19-6-4-10(5-7-19)11-8-12(16)13(17)18-9-11/h8,10,12H,4-7,9H2,1-3H3,(H2,17,18). The van der Waals surface area contributed by atoms with Crippen molar-refractivity contribution in [1.82, 2.24) is 4.90 Å². The molecule has 0 aromatic carbocycles. The molecule has 2 rings (SSSR count). The number of hydrogen-bond acceptors (Lipinski definition) is 4. The number of aliphatic imine (C=N–C) groups is 1. The number of hydrogen-bond donors (Lipinski definition) is 1. The number of amidine groups is 1. The molecule has 2 N–H and O–H groups in total. The molecule has 1 saturated heterocycles. The molecule has 6 heteroatoms. The van der Waals surface area contributed by atoms with Crippen molar-refractivity contribution < 1.29 is 9.53 Å². The van der Waals surface area contributed by atoms with Crippen LogP contribution >= 0.6 is 15.9 Å². The minimum atomic E-state index is -0.435. The molecule has 2 heterocycles. The highest BCUT2D eigenvalue weighted by Gasteiger charge is 2.29. The van der Waals surface area contributed by atoms with Gasteiger partial charge in [0, 0.05) is 13.1 Å². The summed E-state index contributed by atoms with van der Waals surface area (Å²) in [6, 6.07) is 0. The van der Waals surface area contributed by atoms with E-state index >= 15 is 0 Å². The van der Waals surface area contributed by atoms with Gasteiger partial charge in [0.2, 0.25) is 0 Å². The summed E-state index contributed by atoms with van der Waals surface area (Å²) in [4.78, 5) is 18.2. The molecule has 0 spiro atoms. The number of nitrogens with zero attached hydrogens (tertiary/aromatic N) is 2. The smallest absolute Gasteiger partial charge is 0.410 e. The van der Waals surface area contributed by atoms with E-state index in [2.05, 4.69) is 27.0 Å². The number of rotatable bonds is 1. The molecule has 21 heavy (non-hydrogen) atoms. The Hall–Kier alpha value is -1.04. The molecule has 1 amide bonds. The largest absolute Gasteiger partial charge is 0.444 e. The Labute approximate surface area is 134 Å². The fraction of sp³-hybridized carbons (Fsp3) is 0.733. The van der Waals surface area contributed by atoms with Crippen molar-refractivity contribution in [3.8, 4) is 0 Å². The summed E-state index contributed by atoms with van der Waals surface area (Å²) in [6.07, 6.45) is 3.87. The van der Waals surface area contributed by atoms with Crippen molar-refractivity contribution in [2.75, 3.05) is 19.6 Å². The Morgan fingerprint density at radius 1 is 1.43 bits per heavy atom. The van der Waals surface area contributed by atoms with Crippen molar-refractivity contribution in [2.24, 2.45) is 16.6 Å². The monoisotopic (exact) mass is 357 g/mol. The second-order valence-corrected chi connectivity index (χ2v) is 7.61. The van der Waals surface area contributed by atoms with Gasteiger partial charge in [-0.05, 0) is 45.1 Å². The lowest BCUT2D eigenvalue weighted by Crippen LogP contribution is -2.42. The first-order valence-electron chi connectivity index (χ1n) is 7.38. The molecule has 0 aliphatic carbocycles. The van der Waals surface area contributed by atoms with Crippen LogP contribution in [0.15, 0.2) is 16.6 Å². The highest BCUT2D eigenvalue weighted by atomic mass is 79.9. The zero-order chi connectivity index (χ0) is 15.6. The number of alkyl halides is 1. The van der Waals surface area contributed by atoms with Gasteiger partial charge in [-0.25, -0.2) is 4.79 Å². The first-order chi connectivity index (χ1) is 9.76. The maximum atomic E-state index is 12.0. The predicted molar refractivity (Wildman–Crippen MR) is 87.8 cm³/mol. The fourth-order valence-corrected chi connectivity index (χ4v) is 3.10. The Bertz CT molecular complexity index is 460. The van der Waals surface area contributed by atoms with E-state index in [1.54, 1.807) is 4.90 Å². The van der Waals surface area contributed by atoms with Gasteiger partial charge in [-0.15, -0.1) is 0 Å². The van der Waals surface area contributed by atoms with Crippen LogP contribution in [-0.4, -0.2) is 46.9 Å². The Balaban J connectivity index is 1.87. The third-order valence-corrected chi connectivity index (χ3v) is 4.49. The molecule has 0 saturated carbocycles. The zero-order valence-corrected chi connectivity index (χ0v) is 14.5. The van der Waals surface area contributed by atoms with E-state index in [1.807, 2.05) is 20.8 Å². The number of carbonyl (C=O) groups is 1. The predicted octanol–water partition coefficient (Wildman–Crippen LogP) is 2.69. The lowest BCUT2D eigenvalue weighted by molar-refractivity contribution is 0.0194. The summed E-state index contributed by atoms with van der Waals surface area (Å²) in [5, 5.41) is 0. The van der Waals surface area contributed by atoms with Crippen LogP contribution in [0.5, 0.6) is 0 Å². The number of dihydropyridines is 1. The molecular formula is C15H24BrN3O2. The lowest BCUT2D eigenvalue weighted by Gasteiger charge is -2.35. The van der Waals surface area contributed by atoms with Gasteiger partial charge in [-0.1, -0.05) is 22.0 Å². The topological polar surface area (TPSA) is 67.9 Å². The molecule has 1 fully saturated rings. The van der Waals surface area contributed by atoms with E-state index in [0.717, 1.165) is 25.9 Å². The number of ether oxygens (including phenoxy) is 1. The fourth-order valence-electron chi connectivity index (χ4n) is 2.62. The minimum absolute atomic E-state index is 0.0464. The minimum Gasteiger partial charge on any atom is -0.444 e. The average molecular weight is 358 g/mol. The van der Waals surface area contributed by atoms with Gasteiger partial charge >= 0.3 is 6.09 Å². The van der Waals surface area contributed by atoms with Crippen molar-refractivity contribution >= 4 is 27.9 Å². The van der Waals surface area contributed by atoms with Gasteiger partial charge in [0.15, 0.2) is 0 Å². The van der Waals surface area contributed by atoms with Crippen LogP contribution in [0.2, 0.25) is 0 Å². The molecule has 2 aliphatic heterocycles. The molecule has 1 unspecified atom stereocenters. The van der Waals surface area contributed by atoms with Crippen LogP contribution in [0.25, 0.3) is 0 Å². The van der Waals surface area contributed by atoms with E-state index < -0.39 is 5.60 Å². The SMILES string of the molecule is CC(C)(C)OC(=O)N1CCC(C2=CC(Br)C(N)=NC2)CC1. The van der Waals surface area contributed by atoms with Crippen LogP contribution in [-0.2, 0) is 4.74 Å². The lowest BCUT2D eigenvalue weighted by atomic mass is 9.87. The van der Waals surface area contributed by atoms with Crippen LogP contribution in [0.1, 0.15) is 33.6 Å². The summed E-state index contributed by atoms with van der Waals surface area (Å²) >= 11 is 3.51. The van der Waals surface area contributed by atoms with Gasteiger partial charge in [-0.2, -0.15) is 0 Å². The third-order valence-electron chi connectivity index (χ3n) is 3.76. The first kappa shape index (κ1) is 16.3. The molecule has 5 nitrogen and oxygen atoms in total. The molecule has 1 atom stereocenters. The van der Waals surface area contributed by atoms with E-state index in [0.29, 0.717) is 18.3 Å². The highest BCUT2D eigenvalue weighted by Crippen LogP contribution is 2.28. The van der Waals surface area contributed by atoms with Crippen molar-refractivity contribution in [3.63, 3.8) is 0 Å². The normalized spacial score (nSPS) is 24.4.